The average molecular weight is 292 g/mol. The van der Waals surface area contributed by atoms with Crippen LogP contribution >= 0.6 is 0 Å². The number of methoxy groups -OCH3 is 1. The Hall–Kier alpha value is -2.05. The largest absolute Gasteiger partial charge is 0.746 e. The summed E-state index contributed by atoms with van der Waals surface area (Å²) in [6, 6.07) is 15.0. The normalized spacial score (nSPS) is 12.7. The Morgan fingerprint density at radius 3 is 2.15 bits per heavy atom. The van der Waals surface area contributed by atoms with Crippen molar-refractivity contribution in [3.05, 3.63) is 60.2 Å². The minimum Gasteiger partial charge on any atom is -0.746 e. The molecule has 0 aliphatic carbocycles. The summed E-state index contributed by atoms with van der Waals surface area (Å²) in [5, 5.41) is 1.39. The van der Waals surface area contributed by atoms with E-state index in [9.17, 15) is 13.0 Å². The molecule has 1 atom stereocenters. The van der Waals surface area contributed by atoms with E-state index < -0.39 is 15.5 Å². The van der Waals surface area contributed by atoms with Gasteiger partial charge in [0.15, 0.2) is 0 Å². The maximum atomic E-state index is 11.4. The van der Waals surface area contributed by atoms with E-state index in [1.165, 1.54) is 7.11 Å². The van der Waals surface area contributed by atoms with Gasteiger partial charge in [-0.15, -0.1) is 0 Å². The molecule has 5 nitrogen and oxygen atoms in total. The van der Waals surface area contributed by atoms with Gasteiger partial charge in [-0.3, -0.25) is 0 Å². The summed E-state index contributed by atoms with van der Waals surface area (Å²) in [6.07, 6.45) is 0. The predicted molar refractivity (Wildman–Crippen MR) is 75.5 cm³/mol. The molecule has 106 valence electrons. The SMILES string of the molecule is COc1ccc(C(Nc2ccccc2)S(=O)(=O)[O-])cc1. The van der Waals surface area contributed by atoms with Gasteiger partial charge in [-0.05, 0) is 29.8 Å². The van der Waals surface area contributed by atoms with Gasteiger partial charge in [-0.1, -0.05) is 30.3 Å². The highest BCUT2D eigenvalue weighted by molar-refractivity contribution is 7.86. The molecule has 0 radical (unpaired) electrons. The fourth-order valence-corrected chi connectivity index (χ4v) is 2.56. The highest BCUT2D eigenvalue weighted by Crippen LogP contribution is 2.25. The third-order valence-corrected chi connectivity index (χ3v) is 3.75. The third-order valence-electron chi connectivity index (χ3n) is 2.78. The highest BCUT2D eigenvalue weighted by Gasteiger charge is 2.18. The summed E-state index contributed by atoms with van der Waals surface area (Å²) in [4.78, 5) is 0. The van der Waals surface area contributed by atoms with Crippen LogP contribution in [-0.4, -0.2) is 20.1 Å². The number of rotatable bonds is 5. The maximum absolute atomic E-state index is 11.4. The van der Waals surface area contributed by atoms with Gasteiger partial charge in [0.2, 0.25) is 0 Å². The van der Waals surface area contributed by atoms with E-state index in [1.807, 2.05) is 0 Å². The average Bonchev–Trinajstić information content (AvgIpc) is 2.45. The van der Waals surface area contributed by atoms with Crippen LogP contribution in [0.1, 0.15) is 10.9 Å². The van der Waals surface area contributed by atoms with E-state index >= 15 is 0 Å². The molecule has 0 amide bonds. The zero-order chi connectivity index (χ0) is 14.6. The van der Waals surface area contributed by atoms with Crippen molar-refractivity contribution in [1.82, 2.24) is 0 Å². The molecule has 0 aliphatic heterocycles. The smallest absolute Gasteiger partial charge is 0.143 e. The molecule has 0 saturated heterocycles. The zero-order valence-corrected chi connectivity index (χ0v) is 11.6. The number of benzene rings is 2. The lowest BCUT2D eigenvalue weighted by Crippen LogP contribution is -2.20. The van der Waals surface area contributed by atoms with Crippen LogP contribution in [0.4, 0.5) is 5.69 Å². The molecule has 0 fully saturated rings. The van der Waals surface area contributed by atoms with Crippen LogP contribution in [0.15, 0.2) is 54.6 Å². The van der Waals surface area contributed by atoms with Crippen LogP contribution in [0.2, 0.25) is 0 Å². The van der Waals surface area contributed by atoms with Crippen molar-refractivity contribution in [2.45, 2.75) is 5.37 Å². The number of ether oxygens (including phenoxy) is 1. The minimum absolute atomic E-state index is 0.365. The summed E-state index contributed by atoms with van der Waals surface area (Å²) >= 11 is 0. The Morgan fingerprint density at radius 1 is 1.05 bits per heavy atom. The Morgan fingerprint density at radius 2 is 1.65 bits per heavy atom. The number of anilines is 1. The van der Waals surface area contributed by atoms with Crippen molar-refractivity contribution in [1.29, 1.82) is 0 Å². The molecule has 1 N–H and O–H groups in total. The quantitative estimate of drug-likeness (QED) is 0.856. The molecule has 1 unspecified atom stereocenters. The minimum atomic E-state index is -4.54. The fraction of sp³-hybridized carbons (Fsp3) is 0.143. The van der Waals surface area contributed by atoms with Crippen LogP contribution in [0.3, 0.4) is 0 Å². The number of nitrogens with one attached hydrogen (secondary N) is 1. The first kappa shape index (κ1) is 14.4. The molecule has 0 aromatic heterocycles. The van der Waals surface area contributed by atoms with E-state index in [2.05, 4.69) is 5.32 Å². The van der Waals surface area contributed by atoms with Crippen LogP contribution in [-0.2, 0) is 10.1 Å². The summed E-state index contributed by atoms with van der Waals surface area (Å²) in [5.41, 5.74) is 0.928. The van der Waals surface area contributed by atoms with Gasteiger partial charge in [0.25, 0.3) is 0 Å². The molecular weight excluding hydrogens is 278 g/mol. The highest BCUT2D eigenvalue weighted by atomic mass is 32.2. The Balaban J connectivity index is 2.33. The van der Waals surface area contributed by atoms with Gasteiger partial charge in [-0.2, -0.15) is 0 Å². The van der Waals surface area contributed by atoms with Gasteiger partial charge in [-0.25, -0.2) is 8.42 Å². The van der Waals surface area contributed by atoms with E-state index in [4.69, 9.17) is 4.74 Å². The van der Waals surface area contributed by atoms with Crippen LogP contribution in [0.25, 0.3) is 0 Å². The molecular formula is C14H14NO4S-. The topological polar surface area (TPSA) is 78.5 Å². The summed E-state index contributed by atoms with van der Waals surface area (Å²) < 4.78 is 39.3. The van der Waals surface area contributed by atoms with Crippen LogP contribution < -0.4 is 10.1 Å². The molecule has 20 heavy (non-hydrogen) atoms. The Kier molecular flexibility index (Phi) is 4.26. The molecule has 0 saturated carbocycles. The molecule has 6 heteroatoms. The van der Waals surface area contributed by atoms with E-state index in [1.54, 1.807) is 54.6 Å². The van der Waals surface area contributed by atoms with Gasteiger partial charge in [0.1, 0.15) is 21.2 Å². The van der Waals surface area contributed by atoms with Crippen molar-refractivity contribution in [2.24, 2.45) is 0 Å². The molecule has 0 aliphatic rings. The van der Waals surface area contributed by atoms with E-state index in [0.29, 0.717) is 17.0 Å². The first-order chi connectivity index (χ1) is 9.50. The first-order valence-electron chi connectivity index (χ1n) is 5.91. The van der Waals surface area contributed by atoms with Crippen LogP contribution in [0, 0.1) is 0 Å². The lowest BCUT2D eigenvalue weighted by atomic mass is 10.2. The Bertz CT molecular complexity index is 653. The van der Waals surface area contributed by atoms with Crippen molar-refractivity contribution in [2.75, 3.05) is 12.4 Å². The standard InChI is InChI=1S/C14H15NO4S/c1-19-13-9-7-11(8-10-13)14(20(16,17)18)15-12-5-3-2-4-6-12/h2-10,14-15H,1H3,(H,16,17,18)/p-1. The molecule has 0 heterocycles. The van der Waals surface area contributed by atoms with Crippen molar-refractivity contribution in [3.8, 4) is 5.75 Å². The predicted octanol–water partition coefficient (Wildman–Crippen LogP) is 2.35. The summed E-state index contributed by atoms with van der Waals surface area (Å²) in [5.74, 6) is 0.593. The third kappa shape index (κ3) is 3.49. The van der Waals surface area contributed by atoms with Crippen molar-refractivity contribution in [3.63, 3.8) is 0 Å². The Labute approximate surface area is 118 Å². The number of para-hydroxylation sites is 1. The van der Waals surface area contributed by atoms with Crippen LogP contribution in [0.5, 0.6) is 5.75 Å². The molecule has 2 aromatic rings. The molecule has 2 rings (SSSR count). The molecule has 2 aromatic carbocycles. The van der Waals surface area contributed by atoms with Crippen molar-refractivity contribution >= 4 is 15.8 Å². The second kappa shape index (κ2) is 5.94. The van der Waals surface area contributed by atoms with E-state index in [0.717, 1.165) is 0 Å². The monoisotopic (exact) mass is 292 g/mol. The van der Waals surface area contributed by atoms with Gasteiger partial charge in [0.05, 0.1) is 7.11 Å². The second-order valence-corrected chi connectivity index (χ2v) is 5.61. The first-order valence-corrected chi connectivity index (χ1v) is 7.38. The fourth-order valence-electron chi connectivity index (χ4n) is 1.79. The van der Waals surface area contributed by atoms with Crippen molar-refractivity contribution < 1.29 is 17.7 Å². The van der Waals surface area contributed by atoms with Gasteiger partial charge < -0.3 is 14.6 Å². The number of hydrogen-bond donors (Lipinski definition) is 1. The maximum Gasteiger partial charge on any atom is 0.143 e. The number of hydrogen-bond acceptors (Lipinski definition) is 5. The zero-order valence-electron chi connectivity index (χ0n) is 10.8. The molecule has 0 spiro atoms. The molecule has 0 bridgehead atoms. The van der Waals surface area contributed by atoms with Gasteiger partial charge >= 0.3 is 0 Å². The van der Waals surface area contributed by atoms with E-state index in [-0.39, 0.29) is 0 Å². The lowest BCUT2D eigenvalue weighted by Gasteiger charge is -2.23. The summed E-state index contributed by atoms with van der Waals surface area (Å²) in [6.45, 7) is 0. The van der Waals surface area contributed by atoms with Gasteiger partial charge in [0, 0.05) is 5.69 Å². The summed E-state index contributed by atoms with van der Waals surface area (Å²) in [7, 11) is -3.02. The lowest BCUT2D eigenvalue weighted by molar-refractivity contribution is 0.414. The second-order valence-electron chi connectivity index (χ2n) is 4.16.